The first-order valence-electron chi connectivity index (χ1n) is 6.07. The quantitative estimate of drug-likeness (QED) is 0.674. The number of aromatic nitrogens is 2. The van der Waals surface area contributed by atoms with E-state index in [4.69, 9.17) is 0 Å². The average Bonchev–Trinajstić information content (AvgIpc) is 2.72. The van der Waals surface area contributed by atoms with Crippen LogP contribution in [0.15, 0.2) is 12.4 Å². The molecule has 0 fully saturated rings. The highest BCUT2D eigenvalue weighted by Crippen LogP contribution is 2.00. The summed E-state index contributed by atoms with van der Waals surface area (Å²) in [6.45, 7) is 5.25. The molecule has 1 heterocycles. The van der Waals surface area contributed by atoms with E-state index in [0.717, 1.165) is 26.1 Å². The molecule has 0 aromatic carbocycles. The maximum Gasteiger partial charge on any atom is 0.0534 e. The van der Waals surface area contributed by atoms with E-state index < -0.39 is 0 Å². The van der Waals surface area contributed by atoms with Gasteiger partial charge in [0.05, 0.1) is 6.20 Å². The molecule has 1 aromatic rings. The smallest absolute Gasteiger partial charge is 0.0534 e. The molecule has 0 atom stereocenters. The molecule has 0 saturated carbocycles. The highest BCUT2D eigenvalue weighted by Gasteiger charge is 1.97. The van der Waals surface area contributed by atoms with Crippen LogP contribution >= 0.6 is 11.8 Å². The molecule has 4 heteroatoms. The van der Waals surface area contributed by atoms with Gasteiger partial charge in [-0.2, -0.15) is 16.9 Å². The minimum Gasteiger partial charge on any atom is -0.313 e. The van der Waals surface area contributed by atoms with E-state index >= 15 is 0 Å². The lowest BCUT2D eigenvalue weighted by molar-refractivity contribution is 0.600. The Kier molecular flexibility index (Phi) is 7.34. The van der Waals surface area contributed by atoms with Gasteiger partial charge < -0.3 is 5.32 Å². The molecule has 0 saturated heterocycles. The molecule has 16 heavy (non-hydrogen) atoms. The van der Waals surface area contributed by atoms with Crippen LogP contribution in [0.5, 0.6) is 0 Å². The first kappa shape index (κ1) is 13.6. The highest BCUT2D eigenvalue weighted by atomic mass is 32.2. The molecule has 0 radical (unpaired) electrons. The van der Waals surface area contributed by atoms with Crippen LogP contribution in [0.4, 0.5) is 0 Å². The Morgan fingerprint density at radius 1 is 1.44 bits per heavy atom. The second kappa shape index (κ2) is 8.65. The van der Waals surface area contributed by atoms with Crippen molar-refractivity contribution in [3.05, 3.63) is 18.0 Å². The first-order valence-corrected chi connectivity index (χ1v) is 7.47. The van der Waals surface area contributed by atoms with E-state index in [-0.39, 0.29) is 0 Å². The third kappa shape index (κ3) is 5.56. The Balaban J connectivity index is 2.07. The largest absolute Gasteiger partial charge is 0.313 e. The zero-order valence-electron chi connectivity index (χ0n) is 10.4. The van der Waals surface area contributed by atoms with Crippen LogP contribution in [0.3, 0.4) is 0 Å². The lowest BCUT2D eigenvalue weighted by Crippen LogP contribution is -2.14. The average molecular weight is 241 g/mol. The summed E-state index contributed by atoms with van der Waals surface area (Å²) in [7, 11) is 0. The van der Waals surface area contributed by atoms with Crippen LogP contribution in [0.1, 0.15) is 31.7 Å². The van der Waals surface area contributed by atoms with Gasteiger partial charge in [-0.25, -0.2) is 0 Å². The summed E-state index contributed by atoms with van der Waals surface area (Å²) < 4.78 is 2.02. The zero-order valence-corrected chi connectivity index (χ0v) is 11.2. The summed E-state index contributed by atoms with van der Waals surface area (Å²) in [6.07, 6.45) is 9.98. The van der Waals surface area contributed by atoms with Gasteiger partial charge in [0, 0.05) is 24.8 Å². The summed E-state index contributed by atoms with van der Waals surface area (Å²) in [5, 5.41) is 7.76. The van der Waals surface area contributed by atoms with Gasteiger partial charge in [0.25, 0.3) is 0 Å². The van der Waals surface area contributed by atoms with Crippen LogP contribution in [-0.2, 0) is 13.1 Å². The summed E-state index contributed by atoms with van der Waals surface area (Å²) in [6, 6.07) is 0. The van der Waals surface area contributed by atoms with Gasteiger partial charge in [0.1, 0.15) is 0 Å². The van der Waals surface area contributed by atoms with E-state index in [1.807, 2.05) is 22.6 Å². The SMILES string of the molecule is CCCn1cc(CNCCCCSC)cn1. The molecular formula is C12H23N3S. The van der Waals surface area contributed by atoms with Crippen LogP contribution in [-0.4, -0.2) is 28.3 Å². The minimum atomic E-state index is 0.947. The van der Waals surface area contributed by atoms with Gasteiger partial charge in [-0.1, -0.05) is 6.92 Å². The third-order valence-corrected chi connectivity index (χ3v) is 3.12. The molecule has 1 rings (SSSR count). The summed E-state index contributed by atoms with van der Waals surface area (Å²) >= 11 is 1.92. The maximum absolute atomic E-state index is 4.31. The molecule has 0 aliphatic carbocycles. The lowest BCUT2D eigenvalue weighted by Gasteiger charge is -2.02. The summed E-state index contributed by atoms with van der Waals surface area (Å²) in [4.78, 5) is 0. The number of hydrogen-bond donors (Lipinski definition) is 1. The van der Waals surface area contributed by atoms with Crippen molar-refractivity contribution in [2.45, 2.75) is 39.3 Å². The van der Waals surface area contributed by atoms with Crippen molar-refractivity contribution in [2.24, 2.45) is 0 Å². The number of unbranched alkanes of at least 4 members (excludes halogenated alkanes) is 1. The lowest BCUT2D eigenvalue weighted by atomic mass is 10.3. The maximum atomic E-state index is 4.31. The van der Waals surface area contributed by atoms with Crippen LogP contribution < -0.4 is 5.32 Å². The number of hydrogen-bond acceptors (Lipinski definition) is 3. The van der Waals surface area contributed by atoms with Crippen molar-refractivity contribution < 1.29 is 0 Å². The van der Waals surface area contributed by atoms with Crippen molar-refractivity contribution in [3.8, 4) is 0 Å². The first-order chi connectivity index (χ1) is 7.86. The molecule has 0 aliphatic rings. The standard InChI is InChI=1S/C12H23N3S/c1-3-7-15-11-12(10-14-15)9-13-6-4-5-8-16-2/h10-11,13H,3-9H2,1-2H3. The fourth-order valence-electron chi connectivity index (χ4n) is 1.58. The Hall–Kier alpha value is -0.480. The monoisotopic (exact) mass is 241 g/mol. The van der Waals surface area contributed by atoms with Crippen LogP contribution in [0, 0.1) is 0 Å². The van der Waals surface area contributed by atoms with E-state index in [9.17, 15) is 0 Å². The second-order valence-corrected chi connectivity index (χ2v) is 4.97. The number of nitrogens with zero attached hydrogens (tertiary/aromatic N) is 2. The van der Waals surface area contributed by atoms with Gasteiger partial charge in [0.15, 0.2) is 0 Å². The fraction of sp³-hybridized carbons (Fsp3) is 0.750. The molecule has 3 nitrogen and oxygen atoms in total. The minimum absolute atomic E-state index is 0.947. The molecular weight excluding hydrogens is 218 g/mol. The summed E-state index contributed by atoms with van der Waals surface area (Å²) in [5.41, 5.74) is 1.29. The van der Waals surface area contributed by atoms with Crippen LogP contribution in [0.25, 0.3) is 0 Å². The Labute approximate surface area is 103 Å². The van der Waals surface area contributed by atoms with E-state index in [2.05, 4.69) is 29.8 Å². The summed E-state index contributed by atoms with van der Waals surface area (Å²) in [5.74, 6) is 1.27. The third-order valence-electron chi connectivity index (χ3n) is 2.42. The van der Waals surface area contributed by atoms with Gasteiger partial charge in [0.2, 0.25) is 0 Å². The number of aryl methyl sites for hydroxylation is 1. The van der Waals surface area contributed by atoms with Gasteiger partial charge in [-0.3, -0.25) is 4.68 Å². The predicted molar refractivity (Wildman–Crippen MR) is 71.8 cm³/mol. The van der Waals surface area contributed by atoms with Crippen molar-refractivity contribution in [3.63, 3.8) is 0 Å². The zero-order chi connectivity index (χ0) is 11.6. The molecule has 0 bridgehead atoms. The number of thioether (sulfide) groups is 1. The van der Waals surface area contributed by atoms with Gasteiger partial charge in [-0.05, 0) is 37.8 Å². The topological polar surface area (TPSA) is 29.9 Å². The molecule has 0 spiro atoms. The Morgan fingerprint density at radius 3 is 3.06 bits per heavy atom. The highest BCUT2D eigenvalue weighted by molar-refractivity contribution is 7.98. The fourth-order valence-corrected chi connectivity index (χ4v) is 2.07. The number of rotatable bonds is 9. The van der Waals surface area contributed by atoms with Crippen molar-refractivity contribution >= 4 is 11.8 Å². The van der Waals surface area contributed by atoms with Crippen molar-refractivity contribution in [2.75, 3.05) is 18.6 Å². The van der Waals surface area contributed by atoms with E-state index in [0.29, 0.717) is 0 Å². The predicted octanol–water partition coefficient (Wildman–Crippen LogP) is 2.53. The molecule has 1 aromatic heterocycles. The molecule has 0 amide bonds. The van der Waals surface area contributed by atoms with Crippen LogP contribution in [0.2, 0.25) is 0 Å². The molecule has 92 valence electrons. The van der Waals surface area contributed by atoms with Gasteiger partial charge >= 0.3 is 0 Å². The van der Waals surface area contributed by atoms with Gasteiger partial charge in [-0.15, -0.1) is 0 Å². The molecule has 0 aliphatic heterocycles. The number of nitrogens with one attached hydrogen (secondary N) is 1. The van der Waals surface area contributed by atoms with Crippen molar-refractivity contribution in [1.29, 1.82) is 0 Å². The van der Waals surface area contributed by atoms with Crippen molar-refractivity contribution in [1.82, 2.24) is 15.1 Å². The second-order valence-electron chi connectivity index (χ2n) is 3.99. The Morgan fingerprint density at radius 2 is 2.31 bits per heavy atom. The molecule has 1 N–H and O–H groups in total. The van der Waals surface area contributed by atoms with E-state index in [1.165, 1.54) is 24.2 Å². The normalized spacial score (nSPS) is 10.9. The van der Waals surface area contributed by atoms with E-state index in [1.54, 1.807) is 0 Å². The Bertz CT molecular complexity index is 273. The molecule has 0 unspecified atom stereocenters.